The van der Waals surface area contributed by atoms with Crippen molar-refractivity contribution in [1.29, 1.82) is 0 Å². The molecule has 10 heteroatoms. The van der Waals surface area contributed by atoms with E-state index in [0.29, 0.717) is 31.4 Å². The van der Waals surface area contributed by atoms with Crippen LogP contribution in [0.4, 0.5) is 0 Å². The quantitative estimate of drug-likeness (QED) is 0.338. The number of rotatable bonds is 7. The summed E-state index contributed by atoms with van der Waals surface area (Å²) in [4.78, 5) is 4.55. The Bertz CT molecular complexity index is 659. The summed E-state index contributed by atoms with van der Waals surface area (Å²) in [6.07, 6.45) is 3.20. The number of aryl methyl sites for hydroxylation is 1. The van der Waals surface area contributed by atoms with Gasteiger partial charge < -0.3 is 15.2 Å². The van der Waals surface area contributed by atoms with Crippen molar-refractivity contribution in [2.24, 2.45) is 10.9 Å². The second kappa shape index (κ2) is 10.3. The number of nitrogens with zero attached hydrogens (tertiary/aromatic N) is 4. The van der Waals surface area contributed by atoms with Crippen LogP contribution in [0.25, 0.3) is 0 Å². The Labute approximate surface area is 167 Å². The number of nitrogens with one attached hydrogen (secondary N) is 2. The molecule has 2 N–H and O–H groups in total. The van der Waals surface area contributed by atoms with E-state index in [4.69, 9.17) is 0 Å². The third kappa shape index (κ3) is 7.47. The molecule has 0 saturated carbocycles. The molecule has 0 amide bonds. The van der Waals surface area contributed by atoms with Crippen molar-refractivity contribution >= 4 is 39.8 Å². The first-order valence-electron chi connectivity index (χ1n) is 8.51. The summed E-state index contributed by atoms with van der Waals surface area (Å²) in [6, 6.07) is -0.0606. The monoisotopic (exact) mass is 484 g/mol. The molecule has 1 aromatic rings. The van der Waals surface area contributed by atoms with Crippen LogP contribution in [0.2, 0.25) is 0 Å². The zero-order valence-electron chi connectivity index (χ0n) is 15.1. The summed E-state index contributed by atoms with van der Waals surface area (Å²) in [5, 5.41) is 14.5. The van der Waals surface area contributed by atoms with E-state index >= 15 is 0 Å². The van der Waals surface area contributed by atoms with Crippen LogP contribution in [0.15, 0.2) is 11.3 Å². The van der Waals surface area contributed by atoms with Crippen molar-refractivity contribution in [3.05, 3.63) is 12.2 Å². The van der Waals surface area contributed by atoms with Crippen LogP contribution in [0.3, 0.4) is 0 Å². The number of hydrogen-bond acceptors (Lipinski definition) is 5. The van der Waals surface area contributed by atoms with Crippen molar-refractivity contribution in [1.82, 2.24) is 25.4 Å². The first-order chi connectivity index (χ1) is 11.4. The minimum absolute atomic E-state index is 0. The summed E-state index contributed by atoms with van der Waals surface area (Å²) in [5.74, 6) is 2.51. The Morgan fingerprint density at radius 1 is 1.48 bits per heavy atom. The molecule has 2 heterocycles. The van der Waals surface area contributed by atoms with Crippen LogP contribution in [0, 0.1) is 5.92 Å². The minimum Gasteiger partial charge on any atom is -0.355 e. The molecule has 1 aromatic heterocycles. The lowest BCUT2D eigenvalue weighted by Gasteiger charge is -2.17. The van der Waals surface area contributed by atoms with Gasteiger partial charge in [0.1, 0.15) is 12.2 Å². The zero-order valence-corrected chi connectivity index (χ0v) is 18.3. The molecule has 0 bridgehead atoms. The molecule has 1 unspecified atom stereocenters. The van der Waals surface area contributed by atoms with Crippen LogP contribution >= 0.6 is 24.0 Å². The fraction of sp³-hybridized carbons (Fsp3) is 0.800. The van der Waals surface area contributed by atoms with E-state index in [1.54, 1.807) is 6.33 Å². The van der Waals surface area contributed by atoms with Gasteiger partial charge in [-0.3, -0.25) is 4.99 Å². The molecule has 0 aromatic carbocycles. The number of hydrogen-bond donors (Lipinski definition) is 2. The van der Waals surface area contributed by atoms with Crippen LogP contribution in [-0.4, -0.2) is 59.8 Å². The molecular weight excluding hydrogens is 455 g/mol. The van der Waals surface area contributed by atoms with Crippen molar-refractivity contribution < 1.29 is 8.42 Å². The van der Waals surface area contributed by atoms with Gasteiger partial charge in [0.05, 0.1) is 11.5 Å². The smallest absolute Gasteiger partial charge is 0.191 e. The lowest BCUT2D eigenvalue weighted by Crippen LogP contribution is -2.45. The predicted octanol–water partition coefficient (Wildman–Crippen LogP) is 0.837. The molecule has 1 atom stereocenters. The van der Waals surface area contributed by atoms with Gasteiger partial charge in [-0.05, 0) is 12.3 Å². The highest BCUT2D eigenvalue weighted by molar-refractivity contribution is 14.0. The Morgan fingerprint density at radius 2 is 2.24 bits per heavy atom. The molecule has 0 spiro atoms. The van der Waals surface area contributed by atoms with Gasteiger partial charge in [-0.25, -0.2) is 8.42 Å². The van der Waals surface area contributed by atoms with Gasteiger partial charge in [-0.1, -0.05) is 20.8 Å². The number of aliphatic imine (C=N–C) groups is 1. The van der Waals surface area contributed by atoms with Crippen LogP contribution < -0.4 is 10.6 Å². The SMILES string of the molecule is CCc1nncn1CCNC(=NCC(C)C)NC1CCS(=O)(=O)C1.I. The number of sulfone groups is 1. The molecule has 2 rings (SSSR count). The van der Waals surface area contributed by atoms with E-state index < -0.39 is 9.84 Å². The number of guanidine groups is 1. The van der Waals surface area contributed by atoms with E-state index in [0.717, 1.165) is 18.8 Å². The molecule has 1 aliphatic rings. The molecule has 0 aliphatic carbocycles. The topological polar surface area (TPSA) is 101 Å². The molecule has 0 radical (unpaired) electrons. The van der Waals surface area contributed by atoms with E-state index in [9.17, 15) is 8.42 Å². The maximum atomic E-state index is 11.6. The summed E-state index contributed by atoms with van der Waals surface area (Å²) < 4.78 is 25.2. The molecule has 144 valence electrons. The van der Waals surface area contributed by atoms with Crippen LogP contribution in [-0.2, 0) is 22.8 Å². The average Bonchev–Trinajstić information content (AvgIpc) is 3.10. The van der Waals surface area contributed by atoms with Gasteiger partial charge in [-0.2, -0.15) is 0 Å². The fourth-order valence-corrected chi connectivity index (χ4v) is 4.24. The first kappa shape index (κ1) is 22.1. The van der Waals surface area contributed by atoms with E-state index in [-0.39, 0.29) is 41.5 Å². The number of aromatic nitrogens is 3. The molecule has 1 saturated heterocycles. The van der Waals surface area contributed by atoms with Crippen LogP contribution in [0.5, 0.6) is 0 Å². The normalized spacial score (nSPS) is 19.7. The highest BCUT2D eigenvalue weighted by atomic mass is 127. The van der Waals surface area contributed by atoms with Gasteiger partial charge >= 0.3 is 0 Å². The third-order valence-electron chi connectivity index (χ3n) is 3.84. The average molecular weight is 484 g/mol. The highest BCUT2D eigenvalue weighted by Gasteiger charge is 2.28. The van der Waals surface area contributed by atoms with Gasteiger partial charge in [-0.15, -0.1) is 34.2 Å². The zero-order chi connectivity index (χ0) is 17.6. The van der Waals surface area contributed by atoms with E-state index in [1.165, 1.54) is 0 Å². The van der Waals surface area contributed by atoms with Gasteiger partial charge in [0.15, 0.2) is 15.8 Å². The summed E-state index contributed by atoms with van der Waals surface area (Å²) in [7, 11) is -2.90. The molecule has 1 fully saturated rings. The summed E-state index contributed by atoms with van der Waals surface area (Å²) >= 11 is 0. The van der Waals surface area contributed by atoms with E-state index in [2.05, 4.69) is 39.7 Å². The molecule has 1 aliphatic heterocycles. The standard InChI is InChI=1S/C15H28N6O2S.HI/c1-4-14-20-18-11-21(14)7-6-16-15(17-9-12(2)3)19-13-5-8-24(22,23)10-13;/h11-13H,4-10H2,1-3H3,(H2,16,17,19);1H. The van der Waals surface area contributed by atoms with Crippen molar-refractivity contribution in [2.75, 3.05) is 24.6 Å². The minimum atomic E-state index is -2.90. The van der Waals surface area contributed by atoms with E-state index in [1.807, 2.05) is 11.5 Å². The predicted molar refractivity (Wildman–Crippen MR) is 110 cm³/mol. The maximum Gasteiger partial charge on any atom is 0.191 e. The van der Waals surface area contributed by atoms with Gasteiger partial charge in [0, 0.05) is 32.1 Å². The van der Waals surface area contributed by atoms with Crippen LogP contribution in [0.1, 0.15) is 33.0 Å². The Hall–Kier alpha value is -0.910. The van der Waals surface area contributed by atoms with Crippen molar-refractivity contribution in [2.45, 2.75) is 46.2 Å². The maximum absolute atomic E-state index is 11.6. The molecular formula is C15H29IN6O2S. The fourth-order valence-electron chi connectivity index (χ4n) is 2.56. The lowest BCUT2D eigenvalue weighted by atomic mass is 10.2. The Balaban J connectivity index is 0.00000312. The second-order valence-corrected chi connectivity index (χ2v) is 8.78. The molecule has 25 heavy (non-hydrogen) atoms. The highest BCUT2D eigenvalue weighted by Crippen LogP contribution is 2.11. The largest absolute Gasteiger partial charge is 0.355 e. The first-order valence-corrected chi connectivity index (χ1v) is 10.3. The summed E-state index contributed by atoms with van der Waals surface area (Å²) in [6.45, 7) is 8.36. The number of halogens is 1. The third-order valence-corrected chi connectivity index (χ3v) is 5.61. The van der Waals surface area contributed by atoms with Gasteiger partial charge in [0.25, 0.3) is 0 Å². The summed E-state index contributed by atoms with van der Waals surface area (Å²) in [5.41, 5.74) is 0. The second-order valence-electron chi connectivity index (χ2n) is 6.55. The lowest BCUT2D eigenvalue weighted by molar-refractivity contribution is 0.594. The van der Waals surface area contributed by atoms with Crippen molar-refractivity contribution in [3.8, 4) is 0 Å². The Morgan fingerprint density at radius 3 is 2.84 bits per heavy atom. The molecule has 8 nitrogen and oxygen atoms in total. The van der Waals surface area contributed by atoms with Crippen molar-refractivity contribution in [3.63, 3.8) is 0 Å². The Kier molecular flexibility index (Phi) is 9.11. The van der Waals surface area contributed by atoms with Gasteiger partial charge in [0.2, 0.25) is 0 Å².